The molecule has 0 spiro atoms. The van der Waals surface area contributed by atoms with E-state index in [0.29, 0.717) is 17.9 Å². The van der Waals surface area contributed by atoms with Gasteiger partial charge in [-0.25, -0.2) is 4.57 Å². The molecule has 0 N–H and O–H groups in total. The molecule has 1 aromatic carbocycles. The fraction of sp³-hybridized carbons (Fsp3) is 0.480. The number of benzene rings is 1. The third kappa shape index (κ3) is 3.90. The Balaban J connectivity index is 0.00000192. The summed E-state index contributed by atoms with van der Waals surface area (Å²) in [6.07, 6.45) is 16.9. The number of hydrogen-bond donors (Lipinski definition) is 0. The van der Waals surface area contributed by atoms with E-state index < -0.39 is 0 Å². The Morgan fingerprint density at radius 3 is 2.61 bits per heavy atom. The van der Waals surface area contributed by atoms with Crippen LogP contribution in [-0.4, -0.2) is 6.10 Å². The molecule has 2 aliphatic carbocycles. The first-order valence-corrected chi connectivity index (χ1v) is 10.8. The van der Waals surface area contributed by atoms with Crippen LogP contribution in [0.3, 0.4) is 0 Å². The monoisotopic (exact) mass is 395 g/mol. The smallest absolute Gasteiger partial charge is 0.174 e. The van der Waals surface area contributed by atoms with Gasteiger partial charge in [0.05, 0.1) is 12.2 Å². The molecule has 1 aliphatic heterocycles. The highest BCUT2D eigenvalue weighted by molar-refractivity contribution is 5.25. The molecule has 0 amide bonds. The maximum Gasteiger partial charge on any atom is 0.174 e. The summed E-state index contributed by atoms with van der Waals surface area (Å²) in [5.74, 6) is 1.28. The second-order valence-corrected chi connectivity index (χ2v) is 8.52. The van der Waals surface area contributed by atoms with Crippen molar-refractivity contribution >= 4 is 0 Å². The minimum absolute atomic E-state index is 0. The lowest BCUT2D eigenvalue weighted by Crippen LogP contribution is -3.00. The molecule has 3 aliphatic rings. The maximum absolute atomic E-state index is 6.80. The summed E-state index contributed by atoms with van der Waals surface area (Å²) >= 11 is 0. The Bertz CT molecular complexity index is 818. The van der Waals surface area contributed by atoms with E-state index in [1.165, 1.54) is 56.1 Å². The topological polar surface area (TPSA) is 13.1 Å². The molecular weight excluding hydrogens is 366 g/mol. The van der Waals surface area contributed by atoms with E-state index in [-0.39, 0.29) is 18.5 Å². The maximum atomic E-state index is 6.80. The molecule has 148 valence electrons. The van der Waals surface area contributed by atoms with E-state index in [0.717, 1.165) is 6.54 Å². The van der Waals surface area contributed by atoms with Crippen LogP contribution in [0.1, 0.15) is 62.2 Å². The van der Waals surface area contributed by atoms with E-state index in [4.69, 9.17) is 4.74 Å². The van der Waals surface area contributed by atoms with Crippen LogP contribution in [0.5, 0.6) is 0 Å². The average molecular weight is 396 g/mol. The van der Waals surface area contributed by atoms with Crippen LogP contribution in [-0.2, 0) is 11.3 Å². The van der Waals surface area contributed by atoms with Gasteiger partial charge in [-0.05, 0) is 38.2 Å². The molecule has 2 aromatic rings. The molecule has 0 radical (unpaired) electrons. The van der Waals surface area contributed by atoms with Crippen molar-refractivity contribution in [1.29, 1.82) is 0 Å². The summed E-state index contributed by atoms with van der Waals surface area (Å²) in [5, 5.41) is 0. The van der Waals surface area contributed by atoms with Gasteiger partial charge in [-0.2, -0.15) is 0 Å². The number of aromatic nitrogens is 1. The molecule has 1 saturated heterocycles. The van der Waals surface area contributed by atoms with Gasteiger partial charge in [0.15, 0.2) is 18.9 Å². The fourth-order valence-corrected chi connectivity index (χ4v) is 5.52. The van der Waals surface area contributed by atoms with Gasteiger partial charge in [-0.1, -0.05) is 54.8 Å². The average Bonchev–Trinajstić information content (AvgIpc) is 2.74. The quantitative estimate of drug-likeness (QED) is 0.574. The second kappa shape index (κ2) is 8.80. The van der Waals surface area contributed by atoms with Crippen LogP contribution in [0, 0.1) is 11.8 Å². The highest BCUT2D eigenvalue weighted by atomic mass is 35.5. The first kappa shape index (κ1) is 19.7. The van der Waals surface area contributed by atoms with E-state index >= 15 is 0 Å². The Labute approximate surface area is 175 Å². The molecule has 1 aromatic heterocycles. The summed E-state index contributed by atoms with van der Waals surface area (Å²) < 4.78 is 9.11. The lowest BCUT2D eigenvalue weighted by Gasteiger charge is -2.47. The van der Waals surface area contributed by atoms with Gasteiger partial charge < -0.3 is 17.1 Å². The molecule has 4 unspecified atom stereocenters. The molecule has 2 heterocycles. The number of rotatable bonds is 3. The van der Waals surface area contributed by atoms with Crippen molar-refractivity contribution in [1.82, 2.24) is 0 Å². The van der Waals surface area contributed by atoms with Crippen LogP contribution in [0.2, 0.25) is 0 Å². The molecule has 5 rings (SSSR count). The van der Waals surface area contributed by atoms with Crippen molar-refractivity contribution in [3.05, 3.63) is 77.6 Å². The van der Waals surface area contributed by atoms with E-state index in [2.05, 4.69) is 65.5 Å². The zero-order valence-corrected chi connectivity index (χ0v) is 17.2. The van der Waals surface area contributed by atoms with Gasteiger partial charge in [0.2, 0.25) is 0 Å². The van der Waals surface area contributed by atoms with Crippen molar-refractivity contribution in [2.45, 2.75) is 63.7 Å². The summed E-state index contributed by atoms with van der Waals surface area (Å²) in [4.78, 5) is 0. The second-order valence-electron chi connectivity index (χ2n) is 8.52. The van der Waals surface area contributed by atoms with Gasteiger partial charge in [-0.3, -0.25) is 0 Å². The predicted molar refractivity (Wildman–Crippen MR) is 107 cm³/mol. The highest BCUT2D eigenvalue weighted by Gasteiger charge is 2.44. The number of allylic oxidation sites excluding steroid dienone is 1. The zero-order valence-electron chi connectivity index (χ0n) is 16.5. The SMILES string of the molecule is C1=C2C3CCCCC3OC(c3ccc[n+](Cc4ccccc4)c3)C2CCC1.[Cl-]. The lowest BCUT2D eigenvalue weighted by atomic mass is 9.68. The zero-order chi connectivity index (χ0) is 18.1. The van der Waals surface area contributed by atoms with Gasteiger partial charge in [-0.15, -0.1) is 0 Å². The van der Waals surface area contributed by atoms with Crippen LogP contribution in [0.25, 0.3) is 0 Å². The summed E-state index contributed by atoms with van der Waals surface area (Å²) in [6, 6.07) is 15.2. The Hall–Kier alpha value is -1.64. The predicted octanol–water partition coefficient (Wildman–Crippen LogP) is 2.38. The van der Waals surface area contributed by atoms with Gasteiger partial charge in [0.25, 0.3) is 0 Å². The van der Waals surface area contributed by atoms with E-state index in [1.807, 2.05) is 0 Å². The van der Waals surface area contributed by atoms with Crippen LogP contribution >= 0.6 is 0 Å². The first-order chi connectivity index (χ1) is 13.4. The van der Waals surface area contributed by atoms with Crippen molar-refractivity contribution < 1.29 is 21.7 Å². The summed E-state index contributed by atoms with van der Waals surface area (Å²) in [5.41, 5.74) is 4.44. The molecule has 4 atom stereocenters. The van der Waals surface area contributed by atoms with Crippen LogP contribution < -0.4 is 17.0 Å². The van der Waals surface area contributed by atoms with E-state index in [1.54, 1.807) is 5.57 Å². The number of hydrogen-bond acceptors (Lipinski definition) is 1. The third-order valence-corrected chi connectivity index (χ3v) is 6.76. The van der Waals surface area contributed by atoms with Crippen molar-refractivity contribution in [2.75, 3.05) is 0 Å². The number of fused-ring (bicyclic) bond motifs is 3. The van der Waals surface area contributed by atoms with Gasteiger partial charge >= 0.3 is 0 Å². The van der Waals surface area contributed by atoms with Crippen molar-refractivity contribution in [3.63, 3.8) is 0 Å². The number of nitrogens with zero attached hydrogens (tertiary/aromatic N) is 1. The normalized spacial score (nSPS) is 29.1. The van der Waals surface area contributed by atoms with Crippen molar-refractivity contribution in [2.24, 2.45) is 11.8 Å². The molecule has 2 fully saturated rings. The molecule has 1 saturated carbocycles. The molecule has 3 heteroatoms. The van der Waals surface area contributed by atoms with Crippen LogP contribution in [0.4, 0.5) is 0 Å². The molecule has 0 bridgehead atoms. The number of pyridine rings is 1. The van der Waals surface area contributed by atoms with Crippen molar-refractivity contribution in [3.8, 4) is 0 Å². The van der Waals surface area contributed by atoms with E-state index in [9.17, 15) is 0 Å². The van der Waals surface area contributed by atoms with Gasteiger partial charge in [0.1, 0.15) is 0 Å². The number of ether oxygens (including phenoxy) is 1. The van der Waals surface area contributed by atoms with Gasteiger partial charge in [0, 0.05) is 29.0 Å². The summed E-state index contributed by atoms with van der Waals surface area (Å²) in [7, 11) is 0. The first-order valence-electron chi connectivity index (χ1n) is 10.8. The minimum Gasteiger partial charge on any atom is -1.00 e. The Morgan fingerprint density at radius 2 is 1.71 bits per heavy atom. The largest absolute Gasteiger partial charge is 1.00 e. The molecule has 2 nitrogen and oxygen atoms in total. The molecular formula is C25H30ClNO. The van der Waals surface area contributed by atoms with Crippen LogP contribution in [0.15, 0.2) is 66.5 Å². The Kier molecular flexibility index (Phi) is 6.18. The minimum atomic E-state index is 0. The standard InChI is InChI=1S/C25H30NO.ClH/c1-2-9-19(10-3-1)17-26-16-8-11-20(18-26)25-23-14-5-4-12-21(23)22-13-6-7-15-24(22)27-25;/h1-3,8-12,16,18,22-25H,4-7,13-15,17H2;1H/q+1;/p-1. The summed E-state index contributed by atoms with van der Waals surface area (Å²) in [6.45, 7) is 0.917. The lowest BCUT2D eigenvalue weighted by molar-refractivity contribution is -0.689. The fourth-order valence-electron chi connectivity index (χ4n) is 5.52. The highest BCUT2D eigenvalue weighted by Crippen LogP contribution is 2.50. The molecule has 28 heavy (non-hydrogen) atoms. The third-order valence-electron chi connectivity index (χ3n) is 6.76. The number of halogens is 1. The Morgan fingerprint density at radius 1 is 0.893 bits per heavy atom.